The molecule has 0 bridgehead atoms. The SMILES string of the molecule is CC#CCNC(CC(C)C)C(=O)OC. The Bertz CT molecular complexity index is 225. The van der Waals surface area contributed by atoms with Crippen molar-refractivity contribution in [2.45, 2.75) is 33.2 Å². The first-order valence-corrected chi connectivity index (χ1v) is 4.82. The highest BCUT2D eigenvalue weighted by atomic mass is 16.5. The summed E-state index contributed by atoms with van der Waals surface area (Å²) >= 11 is 0. The predicted molar refractivity (Wildman–Crippen MR) is 56.7 cm³/mol. The maximum atomic E-state index is 11.3. The predicted octanol–water partition coefficient (Wildman–Crippen LogP) is 1.19. The van der Waals surface area contributed by atoms with E-state index in [1.165, 1.54) is 7.11 Å². The summed E-state index contributed by atoms with van der Waals surface area (Å²) in [5, 5.41) is 3.05. The lowest BCUT2D eigenvalue weighted by atomic mass is 10.0. The standard InChI is InChI=1S/C11H19NO2/c1-5-6-7-12-10(8-9(2)3)11(13)14-4/h9-10,12H,7-8H2,1-4H3. The highest BCUT2D eigenvalue weighted by Gasteiger charge is 2.18. The number of carbonyl (C=O) groups excluding carboxylic acids is 1. The van der Waals surface area contributed by atoms with Crippen LogP contribution in [0.3, 0.4) is 0 Å². The highest BCUT2D eigenvalue weighted by molar-refractivity contribution is 5.75. The van der Waals surface area contributed by atoms with E-state index in [2.05, 4.69) is 31.0 Å². The zero-order valence-corrected chi connectivity index (χ0v) is 9.39. The maximum absolute atomic E-state index is 11.3. The first-order chi connectivity index (χ1) is 6.61. The zero-order valence-electron chi connectivity index (χ0n) is 9.39. The molecular weight excluding hydrogens is 178 g/mol. The summed E-state index contributed by atoms with van der Waals surface area (Å²) in [6, 6.07) is -0.235. The normalized spacial score (nSPS) is 11.8. The van der Waals surface area contributed by atoms with Gasteiger partial charge in [-0.3, -0.25) is 10.1 Å². The van der Waals surface area contributed by atoms with Gasteiger partial charge in [0.05, 0.1) is 13.7 Å². The first-order valence-electron chi connectivity index (χ1n) is 4.82. The van der Waals surface area contributed by atoms with Crippen LogP contribution in [0.2, 0.25) is 0 Å². The highest BCUT2D eigenvalue weighted by Crippen LogP contribution is 2.05. The second kappa shape index (κ2) is 7.40. The molecule has 0 saturated heterocycles. The molecule has 1 unspecified atom stereocenters. The van der Waals surface area contributed by atoms with E-state index < -0.39 is 0 Å². The van der Waals surface area contributed by atoms with Gasteiger partial charge in [-0.05, 0) is 19.3 Å². The molecule has 0 saturated carbocycles. The van der Waals surface area contributed by atoms with Crippen LogP contribution in [-0.4, -0.2) is 25.7 Å². The lowest BCUT2D eigenvalue weighted by Crippen LogP contribution is -2.38. The van der Waals surface area contributed by atoms with Crippen LogP contribution in [0.4, 0.5) is 0 Å². The Kier molecular flexibility index (Phi) is 6.87. The molecule has 0 heterocycles. The Balaban J connectivity index is 4.08. The van der Waals surface area contributed by atoms with Crippen LogP contribution in [0.25, 0.3) is 0 Å². The van der Waals surface area contributed by atoms with Gasteiger partial charge < -0.3 is 4.74 Å². The number of carbonyl (C=O) groups is 1. The third kappa shape index (κ3) is 5.60. The minimum Gasteiger partial charge on any atom is -0.468 e. The van der Waals surface area contributed by atoms with E-state index in [0.29, 0.717) is 12.5 Å². The summed E-state index contributed by atoms with van der Waals surface area (Å²) in [7, 11) is 1.41. The molecule has 0 rings (SSSR count). The van der Waals surface area contributed by atoms with E-state index in [-0.39, 0.29) is 12.0 Å². The van der Waals surface area contributed by atoms with E-state index in [1.807, 2.05) is 0 Å². The Labute approximate surface area is 86.2 Å². The Hall–Kier alpha value is -1.01. The minimum atomic E-state index is -0.235. The van der Waals surface area contributed by atoms with E-state index in [4.69, 9.17) is 4.74 Å². The molecule has 1 N–H and O–H groups in total. The summed E-state index contributed by atoms with van der Waals surface area (Å²) in [6.45, 7) is 6.45. The monoisotopic (exact) mass is 197 g/mol. The molecule has 1 atom stereocenters. The smallest absolute Gasteiger partial charge is 0.322 e. The molecular formula is C11H19NO2. The second-order valence-electron chi connectivity index (χ2n) is 3.51. The van der Waals surface area contributed by atoms with Gasteiger partial charge in [-0.1, -0.05) is 19.8 Å². The van der Waals surface area contributed by atoms with E-state index in [9.17, 15) is 4.79 Å². The molecule has 3 heteroatoms. The number of esters is 1. The maximum Gasteiger partial charge on any atom is 0.322 e. The molecule has 3 nitrogen and oxygen atoms in total. The molecule has 80 valence electrons. The van der Waals surface area contributed by atoms with Gasteiger partial charge in [0.2, 0.25) is 0 Å². The van der Waals surface area contributed by atoms with Crippen molar-refractivity contribution < 1.29 is 9.53 Å². The van der Waals surface area contributed by atoms with Crippen LogP contribution < -0.4 is 5.32 Å². The largest absolute Gasteiger partial charge is 0.468 e. The van der Waals surface area contributed by atoms with Crippen molar-refractivity contribution in [1.29, 1.82) is 0 Å². The van der Waals surface area contributed by atoms with Crippen LogP contribution in [0.5, 0.6) is 0 Å². The van der Waals surface area contributed by atoms with Crippen molar-refractivity contribution in [1.82, 2.24) is 5.32 Å². The molecule has 0 aromatic rings. The quantitative estimate of drug-likeness (QED) is 0.531. The Morgan fingerprint density at radius 2 is 2.14 bits per heavy atom. The third-order valence-electron chi connectivity index (χ3n) is 1.81. The molecule has 0 fully saturated rings. The van der Waals surface area contributed by atoms with E-state index in [0.717, 1.165) is 6.42 Å². The molecule has 0 aromatic carbocycles. The first kappa shape index (κ1) is 13.0. The summed E-state index contributed by atoms with van der Waals surface area (Å²) in [6.07, 6.45) is 0.776. The molecule has 0 radical (unpaired) electrons. The fraction of sp³-hybridized carbons (Fsp3) is 0.727. The number of hydrogen-bond donors (Lipinski definition) is 1. The number of ether oxygens (including phenoxy) is 1. The summed E-state index contributed by atoms with van der Waals surface area (Å²) < 4.78 is 4.69. The molecule has 0 spiro atoms. The average molecular weight is 197 g/mol. The second-order valence-corrected chi connectivity index (χ2v) is 3.51. The summed E-state index contributed by atoms with van der Waals surface area (Å²) in [5.41, 5.74) is 0. The fourth-order valence-electron chi connectivity index (χ4n) is 1.14. The van der Waals surface area contributed by atoms with Crippen molar-refractivity contribution in [3.63, 3.8) is 0 Å². The Morgan fingerprint density at radius 1 is 1.50 bits per heavy atom. The van der Waals surface area contributed by atoms with E-state index in [1.54, 1.807) is 6.92 Å². The fourth-order valence-corrected chi connectivity index (χ4v) is 1.14. The van der Waals surface area contributed by atoms with Gasteiger partial charge in [0, 0.05) is 0 Å². The third-order valence-corrected chi connectivity index (χ3v) is 1.81. The van der Waals surface area contributed by atoms with Crippen molar-refractivity contribution >= 4 is 5.97 Å². The van der Waals surface area contributed by atoms with Gasteiger partial charge in [0.25, 0.3) is 0 Å². The molecule has 14 heavy (non-hydrogen) atoms. The number of rotatable bonds is 5. The summed E-state index contributed by atoms with van der Waals surface area (Å²) in [4.78, 5) is 11.3. The van der Waals surface area contributed by atoms with Crippen LogP contribution in [0, 0.1) is 17.8 Å². The molecule has 0 aromatic heterocycles. The molecule has 0 aliphatic carbocycles. The van der Waals surface area contributed by atoms with Gasteiger partial charge in [-0.15, -0.1) is 5.92 Å². The molecule has 0 aliphatic heterocycles. The number of hydrogen-bond acceptors (Lipinski definition) is 3. The molecule has 0 amide bonds. The van der Waals surface area contributed by atoms with Gasteiger partial charge in [0.1, 0.15) is 6.04 Å². The minimum absolute atomic E-state index is 0.211. The van der Waals surface area contributed by atoms with Crippen molar-refractivity contribution in [2.24, 2.45) is 5.92 Å². The van der Waals surface area contributed by atoms with Crippen LogP contribution >= 0.6 is 0 Å². The zero-order chi connectivity index (χ0) is 11.0. The van der Waals surface area contributed by atoms with Crippen molar-refractivity contribution in [3.05, 3.63) is 0 Å². The number of methoxy groups -OCH3 is 1. The van der Waals surface area contributed by atoms with Crippen molar-refractivity contribution in [3.8, 4) is 11.8 Å². The number of nitrogens with one attached hydrogen (secondary N) is 1. The summed E-state index contributed by atoms with van der Waals surface area (Å²) in [5.74, 6) is 5.88. The van der Waals surface area contributed by atoms with Crippen LogP contribution in [0.15, 0.2) is 0 Å². The van der Waals surface area contributed by atoms with Gasteiger partial charge in [-0.25, -0.2) is 0 Å². The Morgan fingerprint density at radius 3 is 2.57 bits per heavy atom. The van der Waals surface area contributed by atoms with Crippen LogP contribution in [0.1, 0.15) is 27.2 Å². The topological polar surface area (TPSA) is 38.3 Å². The molecule has 0 aliphatic rings. The van der Waals surface area contributed by atoms with Crippen molar-refractivity contribution in [2.75, 3.05) is 13.7 Å². The van der Waals surface area contributed by atoms with E-state index >= 15 is 0 Å². The van der Waals surface area contributed by atoms with Gasteiger partial charge in [-0.2, -0.15) is 0 Å². The van der Waals surface area contributed by atoms with Crippen LogP contribution in [-0.2, 0) is 9.53 Å². The van der Waals surface area contributed by atoms with Gasteiger partial charge >= 0.3 is 5.97 Å². The lowest BCUT2D eigenvalue weighted by molar-refractivity contribution is -0.143. The lowest BCUT2D eigenvalue weighted by Gasteiger charge is -2.16. The average Bonchev–Trinajstić information content (AvgIpc) is 2.15. The van der Waals surface area contributed by atoms with Gasteiger partial charge in [0.15, 0.2) is 0 Å².